The standard InChI is InChI=1S/C22H24N4O4S2/c1-3-26(4-2)17-12-11-16(20(27)14-17)15-23-24-22(28)18-8-5-6-9-19(18)25-32(29,30)21-10-7-13-31-21/h5-15,25,27H,3-4H2,1-2H3,(H,24,28)/b23-15-. The Kier molecular flexibility index (Phi) is 7.49. The van der Waals surface area contributed by atoms with Crippen molar-refractivity contribution in [2.24, 2.45) is 5.10 Å². The van der Waals surface area contributed by atoms with E-state index in [1.165, 1.54) is 24.4 Å². The second kappa shape index (κ2) is 10.3. The van der Waals surface area contributed by atoms with E-state index in [4.69, 9.17) is 0 Å². The van der Waals surface area contributed by atoms with Gasteiger partial charge in [0.2, 0.25) is 0 Å². The molecule has 2 aromatic carbocycles. The van der Waals surface area contributed by atoms with Gasteiger partial charge in [0.25, 0.3) is 15.9 Å². The van der Waals surface area contributed by atoms with Crippen LogP contribution in [0.5, 0.6) is 5.75 Å². The zero-order chi connectivity index (χ0) is 23.1. The van der Waals surface area contributed by atoms with Gasteiger partial charge in [-0.1, -0.05) is 18.2 Å². The maximum Gasteiger partial charge on any atom is 0.273 e. The van der Waals surface area contributed by atoms with Crippen LogP contribution in [0.25, 0.3) is 0 Å². The number of sulfonamides is 1. The monoisotopic (exact) mass is 472 g/mol. The summed E-state index contributed by atoms with van der Waals surface area (Å²) in [5.41, 5.74) is 3.95. The molecule has 0 spiro atoms. The fraction of sp³-hybridized carbons (Fsp3) is 0.182. The molecular weight excluding hydrogens is 448 g/mol. The molecule has 32 heavy (non-hydrogen) atoms. The number of nitrogens with one attached hydrogen (secondary N) is 2. The highest BCUT2D eigenvalue weighted by Crippen LogP contribution is 2.24. The molecule has 10 heteroatoms. The van der Waals surface area contributed by atoms with Crippen LogP contribution in [0, 0.1) is 0 Å². The Morgan fingerprint density at radius 3 is 2.53 bits per heavy atom. The highest BCUT2D eigenvalue weighted by atomic mass is 32.2. The van der Waals surface area contributed by atoms with Crippen LogP contribution < -0.4 is 15.0 Å². The minimum atomic E-state index is -3.80. The number of anilines is 2. The number of thiophene rings is 1. The van der Waals surface area contributed by atoms with Crippen molar-refractivity contribution in [1.82, 2.24) is 5.43 Å². The number of phenolic OH excluding ortho intramolecular Hbond substituents is 1. The van der Waals surface area contributed by atoms with Gasteiger partial charge in [0.05, 0.1) is 17.5 Å². The number of hydrazone groups is 1. The first-order chi connectivity index (χ1) is 15.4. The molecule has 0 bridgehead atoms. The second-order valence-corrected chi connectivity index (χ2v) is 9.55. The molecule has 1 heterocycles. The van der Waals surface area contributed by atoms with Gasteiger partial charge in [0.15, 0.2) is 0 Å². The Bertz CT molecular complexity index is 1200. The first-order valence-electron chi connectivity index (χ1n) is 9.92. The third-order valence-electron chi connectivity index (χ3n) is 4.69. The maximum absolute atomic E-state index is 12.6. The molecule has 0 radical (unpaired) electrons. The van der Waals surface area contributed by atoms with Gasteiger partial charge in [-0.15, -0.1) is 11.3 Å². The van der Waals surface area contributed by atoms with Crippen molar-refractivity contribution >= 4 is 44.9 Å². The third-order valence-corrected chi connectivity index (χ3v) is 7.45. The lowest BCUT2D eigenvalue weighted by atomic mass is 10.2. The first kappa shape index (κ1) is 23.3. The fourth-order valence-electron chi connectivity index (χ4n) is 3.03. The van der Waals surface area contributed by atoms with Crippen LogP contribution in [0.3, 0.4) is 0 Å². The summed E-state index contributed by atoms with van der Waals surface area (Å²) in [6.45, 7) is 5.69. The van der Waals surface area contributed by atoms with E-state index >= 15 is 0 Å². The molecule has 0 aliphatic carbocycles. The van der Waals surface area contributed by atoms with Gasteiger partial charge in [-0.05, 0) is 49.6 Å². The lowest BCUT2D eigenvalue weighted by Gasteiger charge is -2.21. The normalized spacial score (nSPS) is 11.4. The van der Waals surface area contributed by atoms with E-state index in [-0.39, 0.29) is 21.2 Å². The molecule has 168 valence electrons. The molecule has 0 aliphatic heterocycles. The SMILES string of the molecule is CCN(CC)c1ccc(/C=N\NC(=O)c2ccccc2NS(=O)(=O)c2cccs2)c(O)c1. The smallest absolute Gasteiger partial charge is 0.273 e. The lowest BCUT2D eigenvalue weighted by molar-refractivity contribution is 0.0956. The maximum atomic E-state index is 12.6. The number of hydrogen-bond donors (Lipinski definition) is 3. The molecular formula is C22H24N4O4S2. The van der Waals surface area contributed by atoms with Crippen molar-refractivity contribution < 1.29 is 18.3 Å². The van der Waals surface area contributed by atoms with Gasteiger partial charge in [0.1, 0.15) is 9.96 Å². The van der Waals surface area contributed by atoms with Crippen molar-refractivity contribution in [3.63, 3.8) is 0 Å². The Morgan fingerprint density at radius 1 is 1.12 bits per heavy atom. The molecule has 0 unspecified atom stereocenters. The van der Waals surface area contributed by atoms with Crippen molar-refractivity contribution in [2.75, 3.05) is 22.7 Å². The van der Waals surface area contributed by atoms with Crippen LogP contribution in [0.2, 0.25) is 0 Å². The zero-order valence-electron chi connectivity index (χ0n) is 17.6. The summed E-state index contributed by atoms with van der Waals surface area (Å²) < 4.78 is 27.6. The summed E-state index contributed by atoms with van der Waals surface area (Å²) in [7, 11) is -3.80. The molecule has 3 aromatic rings. The van der Waals surface area contributed by atoms with Gasteiger partial charge >= 0.3 is 0 Å². The summed E-state index contributed by atoms with van der Waals surface area (Å²) in [5, 5.41) is 15.8. The Labute approximate surface area is 191 Å². The van der Waals surface area contributed by atoms with Gasteiger partial charge < -0.3 is 10.0 Å². The number of para-hydroxylation sites is 1. The number of benzene rings is 2. The summed E-state index contributed by atoms with van der Waals surface area (Å²) in [4.78, 5) is 14.7. The first-order valence-corrected chi connectivity index (χ1v) is 12.3. The third kappa shape index (κ3) is 5.45. The average Bonchev–Trinajstić information content (AvgIpc) is 3.32. The molecule has 0 atom stereocenters. The molecule has 0 fully saturated rings. The van der Waals surface area contributed by atoms with E-state index in [2.05, 4.69) is 20.1 Å². The van der Waals surface area contributed by atoms with Crippen molar-refractivity contribution in [1.29, 1.82) is 0 Å². The number of rotatable bonds is 9. The predicted molar refractivity (Wildman–Crippen MR) is 128 cm³/mol. The van der Waals surface area contributed by atoms with Crippen LogP contribution in [-0.2, 0) is 10.0 Å². The number of phenols is 1. The molecule has 1 aromatic heterocycles. The Hall–Kier alpha value is -3.37. The van der Waals surface area contributed by atoms with Gasteiger partial charge in [-0.3, -0.25) is 9.52 Å². The quantitative estimate of drug-likeness (QED) is 0.323. The summed E-state index contributed by atoms with van der Waals surface area (Å²) in [6, 6.07) is 14.6. The van der Waals surface area contributed by atoms with Crippen molar-refractivity contribution in [3.05, 3.63) is 71.1 Å². The summed E-state index contributed by atoms with van der Waals surface area (Å²) in [6.07, 6.45) is 1.33. The average molecular weight is 473 g/mol. The van der Waals surface area contributed by atoms with Gasteiger partial charge in [-0.25, -0.2) is 13.8 Å². The number of hydrogen-bond acceptors (Lipinski definition) is 7. The van der Waals surface area contributed by atoms with Crippen molar-refractivity contribution in [3.8, 4) is 5.75 Å². The predicted octanol–water partition coefficient (Wildman–Crippen LogP) is 3.86. The largest absolute Gasteiger partial charge is 0.507 e. The molecule has 3 N–H and O–H groups in total. The number of aromatic hydroxyl groups is 1. The van der Waals surface area contributed by atoms with Crippen LogP contribution in [0.15, 0.2) is 69.3 Å². The van der Waals surface area contributed by atoms with E-state index in [9.17, 15) is 18.3 Å². The molecule has 3 rings (SSSR count). The summed E-state index contributed by atoms with van der Waals surface area (Å²) >= 11 is 1.08. The number of carbonyl (C=O) groups excluding carboxylic acids is 1. The molecule has 1 amide bonds. The topological polar surface area (TPSA) is 111 Å². The van der Waals surface area contributed by atoms with E-state index in [0.717, 1.165) is 30.1 Å². The molecule has 8 nitrogen and oxygen atoms in total. The Morgan fingerprint density at radius 2 is 1.88 bits per heavy atom. The number of amides is 1. The number of nitrogens with zero attached hydrogens (tertiary/aromatic N) is 2. The van der Waals surface area contributed by atoms with Crippen LogP contribution >= 0.6 is 11.3 Å². The zero-order valence-corrected chi connectivity index (χ0v) is 19.3. The van der Waals surface area contributed by atoms with Crippen molar-refractivity contribution in [2.45, 2.75) is 18.1 Å². The van der Waals surface area contributed by atoms with E-state index in [0.29, 0.717) is 5.56 Å². The highest BCUT2D eigenvalue weighted by Gasteiger charge is 2.19. The van der Waals surface area contributed by atoms with Crippen LogP contribution in [0.4, 0.5) is 11.4 Å². The minimum Gasteiger partial charge on any atom is -0.507 e. The van der Waals surface area contributed by atoms with E-state index in [1.54, 1.807) is 35.7 Å². The van der Waals surface area contributed by atoms with E-state index < -0.39 is 15.9 Å². The van der Waals surface area contributed by atoms with Crippen LogP contribution in [0.1, 0.15) is 29.8 Å². The minimum absolute atomic E-state index is 0.0384. The van der Waals surface area contributed by atoms with Gasteiger partial charge in [-0.2, -0.15) is 5.10 Å². The second-order valence-electron chi connectivity index (χ2n) is 6.70. The van der Waals surface area contributed by atoms with Crippen LogP contribution in [-0.4, -0.2) is 38.7 Å². The highest BCUT2D eigenvalue weighted by molar-refractivity contribution is 7.94. The van der Waals surface area contributed by atoms with Gasteiger partial charge in [0, 0.05) is 30.4 Å². The summed E-state index contributed by atoms with van der Waals surface area (Å²) in [5.74, 6) is -0.554. The molecule has 0 saturated heterocycles. The molecule has 0 aliphatic rings. The fourth-order valence-corrected chi connectivity index (χ4v) is 5.10. The Balaban J connectivity index is 1.73. The molecule has 0 saturated carbocycles. The van der Waals surface area contributed by atoms with E-state index in [1.807, 2.05) is 19.9 Å². The lowest BCUT2D eigenvalue weighted by Crippen LogP contribution is -2.22. The number of carbonyl (C=O) groups is 1.